The molecule has 0 aromatic heterocycles. The van der Waals surface area contributed by atoms with Gasteiger partial charge in [-0.05, 0) is 43.5 Å². The standard InChI is InChI=1S/C19H26ClN3O2S/c1-2-3-10-21-18(25)22-11-8-19(9-12-22)23(13-14-26-19)17(24)15-4-6-16(20)7-5-15/h4-7H,2-3,8-14H2,1H3,(H,21,25). The van der Waals surface area contributed by atoms with Crippen LogP contribution in [0, 0.1) is 0 Å². The van der Waals surface area contributed by atoms with Crippen molar-refractivity contribution in [1.29, 1.82) is 0 Å². The molecule has 2 heterocycles. The Labute approximate surface area is 164 Å². The van der Waals surface area contributed by atoms with Crippen molar-refractivity contribution < 1.29 is 9.59 Å². The van der Waals surface area contributed by atoms with E-state index >= 15 is 0 Å². The molecule has 26 heavy (non-hydrogen) atoms. The monoisotopic (exact) mass is 395 g/mol. The van der Waals surface area contributed by atoms with Crippen molar-refractivity contribution in [3.8, 4) is 0 Å². The van der Waals surface area contributed by atoms with Crippen LogP contribution in [0.1, 0.15) is 43.0 Å². The zero-order valence-electron chi connectivity index (χ0n) is 15.2. The molecule has 3 amide bonds. The molecule has 0 aliphatic carbocycles. The minimum atomic E-state index is -0.184. The summed E-state index contributed by atoms with van der Waals surface area (Å²) < 4.78 is 0. The van der Waals surface area contributed by atoms with Gasteiger partial charge in [0.25, 0.3) is 5.91 Å². The highest BCUT2D eigenvalue weighted by Gasteiger charge is 2.47. The molecule has 1 aromatic carbocycles. The lowest BCUT2D eigenvalue weighted by molar-refractivity contribution is 0.0581. The van der Waals surface area contributed by atoms with E-state index < -0.39 is 0 Å². The lowest BCUT2D eigenvalue weighted by Gasteiger charge is -2.44. The van der Waals surface area contributed by atoms with Crippen LogP contribution in [0.15, 0.2) is 24.3 Å². The van der Waals surface area contributed by atoms with Gasteiger partial charge in [-0.3, -0.25) is 4.79 Å². The van der Waals surface area contributed by atoms with E-state index in [-0.39, 0.29) is 16.8 Å². The maximum atomic E-state index is 13.0. The molecule has 1 N–H and O–H groups in total. The molecule has 5 nitrogen and oxygen atoms in total. The molecule has 2 fully saturated rings. The molecule has 0 bridgehead atoms. The molecule has 0 unspecified atom stereocenters. The summed E-state index contributed by atoms with van der Waals surface area (Å²) in [6, 6.07) is 7.11. The van der Waals surface area contributed by atoms with Crippen molar-refractivity contribution in [3.05, 3.63) is 34.9 Å². The highest BCUT2D eigenvalue weighted by Crippen LogP contribution is 2.44. The van der Waals surface area contributed by atoms with Crippen molar-refractivity contribution in [2.75, 3.05) is 31.9 Å². The number of unbranched alkanes of at least 4 members (excludes halogenated alkanes) is 1. The van der Waals surface area contributed by atoms with Crippen LogP contribution in [-0.2, 0) is 0 Å². The summed E-state index contributed by atoms with van der Waals surface area (Å²) in [5, 5.41) is 3.62. The number of benzene rings is 1. The average molecular weight is 396 g/mol. The Hall–Kier alpha value is -1.40. The molecule has 2 saturated heterocycles. The third-order valence-electron chi connectivity index (χ3n) is 5.15. The maximum Gasteiger partial charge on any atom is 0.317 e. The SMILES string of the molecule is CCCCNC(=O)N1CCC2(CC1)SCCN2C(=O)c1ccc(Cl)cc1. The minimum Gasteiger partial charge on any atom is -0.338 e. The minimum absolute atomic E-state index is 0.0203. The average Bonchev–Trinajstić information content (AvgIpc) is 3.05. The Morgan fingerprint density at radius 3 is 2.54 bits per heavy atom. The number of carbonyl (C=O) groups excluding carboxylic acids is 2. The third kappa shape index (κ3) is 4.12. The molecule has 1 spiro atoms. The Balaban J connectivity index is 1.62. The zero-order valence-corrected chi connectivity index (χ0v) is 16.7. The summed E-state index contributed by atoms with van der Waals surface area (Å²) in [5.74, 6) is 1.01. The van der Waals surface area contributed by atoms with Crippen molar-refractivity contribution in [2.24, 2.45) is 0 Å². The fraction of sp³-hybridized carbons (Fsp3) is 0.579. The number of hydrogen-bond acceptors (Lipinski definition) is 3. The number of nitrogens with one attached hydrogen (secondary N) is 1. The van der Waals surface area contributed by atoms with Gasteiger partial charge >= 0.3 is 6.03 Å². The molecule has 0 atom stereocenters. The molecule has 1 aromatic rings. The largest absolute Gasteiger partial charge is 0.338 e. The molecular weight excluding hydrogens is 370 g/mol. The van der Waals surface area contributed by atoms with Crippen LogP contribution in [0.3, 0.4) is 0 Å². The molecule has 3 rings (SSSR count). The van der Waals surface area contributed by atoms with Crippen LogP contribution < -0.4 is 5.32 Å². The van der Waals surface area contributed by atoms with Crippen molar-refractivity contribution in [3.63, 3.8) is 0 Å². The smallest absolute Gasteiger partial charge is 0.317 e. The topological polar surface area (TPSA) is 52.7 Å². The van der Waals surface area contributed by atoms with Gasteiger partial charge in [-0.15, -0.1) is 11.8 Å². The lowest BCUT2D eigenvalue weighted by atomic mass is 10.0. The van der Waals surface area contributed by atoms with Crippen LogP contribution in [0.25, 0.3) is 0 Å². The predicted octanol–water partition coefficient (Wildman–Crippen LogP) is 3.83. The van der Waals surface area contributed by atoms with Gasteiger partial charge in [-0.1, -0.05) is 24.9 Å². The van der Waals surface area contributed by atoms with E-state index in [1.165, 1.54) is 0 Å². The van der Waals surface area contributed by atoms with Gasteiger partial charge < -0.3 is 15.1 Å². The van der Waals surface area contributed by atoms with E-state index in [9.17, 15) is 9.59 Å². The van der Waals surface area contributed by atoms with Gasteiger partial charge in [0.15, 0.2) is 0 Å². The second kappa shape index (κ2) is 8.53. The quantitative estimate of drug-likeness (QED) is 0.788. The van der Waals surface area contributed by atoms with Gasteiger partial charge in [-0.2, -0.15) is 0 Å². The number of carbonyl (C=O) groups is 2. The Morgan fingerprint density at radius 2 is 1.88 bits per heavy atom. The van der Waals surface area contributed by atoms with Gasteiger partial charge in [0.2, 0.25) is 0 Å². The lowest BCUT2D eigenvalue weighted by Crippen LogP contribution is -2.55. The number of urea groups is 1. The first kappa shape index (κ1) is 19.4. The molecular formula is C19H26ClN3O2S. The molecule has 2 aliphatic rings. The van der Waals surface area contributed by atoms with Crippen molar-refractivity contribution in [1.82, 2.24) is 15.1 Å². The maximum absolute atomic E-state index is 13.0. The first-order valence-electron chi connectivity index (χ1n) is 9.30. The summed E-state index contributed by atoms with van der Waals surface area (Å²) in [5.41, 5.74) is 0.677. The normalized spacial score (nSPS) is 19.0. The number of nitrogens with zero attached hydrogens (tertiary/aromatic N) is 2. The van der Waals surface area contributed by atoms with Gasteiger partial charge in [0.1, 0.15) is 0 Å². The number of halogens is 1. The highest BCUT2D eigenvalue weighted by molar-refractivity contribution is 8.00. The van der Waals surface area contributed by atoms with E-state index in [0.29, 0.717) is 23.7 Å². The third-order valence-corrected chi connectivity index (χ3v) is 6.96. The summed E-state index contributed by atoms with van der Waals surface area (Å²) in [6.45, 7) is 4.98. The van der Waals surface area contributed by atoms with E-state index in [1.54, 1.807) is 24.3 Å². The van der Waals surface area contributed by atoms with Gasteiger partial charge in [-0.25, -0.2) is 4.79 Å². The van der Waals surface area contributed by atoms with Gasteiger partial charge in [0.05, 0.1) is 4.87 Å². The fourth-order valence-electron chi connectivity index (χ4n) is 3.60. The molecule has 0 saturated carbocycles. The number of likely N-dealkylation sites (tertiary alicyclic amines) is 1. The summed E-state index contributed by atoms with van der Waals surface area (Å²) in [7, 11) is 0. The molecule has 0 radical (unpaired) electrons. The van der Waals surface area contributed by atoms with Crippen LogP contribution >= 0.6 is 23.4 Å². The predicted molar refractivity (Wildman–Crippen MR) is 107 cm³/mol. The Kier molecular flexibility index (Phi) is 6.35. The number of amides is 3. The van der Waals surface area contributed by atoms with E-state index in [0.717, 1.165) is 44.5 Å². The van der Waals surface area contributed by atoms with Gasteiger partial charge in [0, 0.05) is 42.5 Å². The molecule has 2 aliphatic heterocycles. The highest BCUT2D eigenvalue weighted by atomic mass is 35.5. The van der Waals surface area contributed by atoms with Crippen LogP contribution in [0.5, 0.6) is 0 Å². The number of hydrogen-bond donors (Lipinski definition) is 1. The summed E-state index contributed by atoms with van der Waals surface area (Å²) in [4.78, 5) is 29.0. The number of thioether (sulfide) groups is 1. The van der Waals surface area contributed by atoms with Crippen LogP contribution in [-0.4, -0.2) is 58.5 Å². The van der Waals surface area contributed by atoms with Crippen LogP contribution in [0.2, 0.25) is 5.02 Å². The Morgan fingerprint density at radius 1 is 1.19 bits per heavy atom. The van der Waals surface area contributed by atoms with E-state index in [4.69, 9.17) is 11.6 Å². The Bertz CT molecular complexity index is 645. The summed E-state index contributed by atoms with van der Waals surface area (Å²) >= 11 is 7.79. The zero-order chi connectivity index (χ0) is 18.6. The number of rotatable bonds is 4. The fourth-order valence-corrected chi connectivity index (χ4v) is 5.18. The molecule has 7 heteroatoms. The molecule has 142 valence electrons. The van der Waals surface area contributed by atoms with E-state index in [1.807, 2.05) is 21.6 Å². The van der Waals surface area contributed by atoms with Crippen LogP contribution in [0.4, 0.5) is 4.79 Å². The second-order valence-corrected chi connectivity index (χ2v) is 8.72. The first-order valence-corrected chi connectivity index (χ1v) is 10.7. The first-order chi connectivity index (χ1) is 12.6. The second-order valence-electron chi connectivity index (χ2n) is 6.83. The number of piperidine rings is 1. The van der Waals surface area contributed by atoms with Crippen molar-refractivity contribution in [2.45, 2.75) is 37.5 Å². The van der Waals surface area contributed by atoms with E-state index in [2.05, 4.69) is 12.2 Å². The van der Waals surface area contributed by atoms with Crippen molar-refractivity contribution >= 4 is 35.3 Å². The summed E-state index contributed by atoms with van der Waals surface area (Å²) in [6.07, 6.45) is 3.71.